The van der Waals surface area contributed by atoms with E-state index in [-0.39, 0.29) is 5.41 Å². The lowest BCUT2D eigenvalue weighted by atomic mass is 9.72. The normalized spacial score (nSPS) is 16.6. The second-order valence-corrected chi connectivity index (χ2v) is 18.4. The van der Waals surface area contributed by atoms with Crippen molar-refractivity contribution in [1.29, 1.82) is 0 Å². The van der Waals surface area contributed by atoms with Crippen LogP contribution in [0.2, 0.25) is 0 Å². The first kappa shape index (κ1) is 46.3. The fraction of sp³-hybridized carbons (Fsp3) is 0.233. The van der Waals surface area contributed by atoms with Crippen LogP contribution in [0.4, 0.5) is 60.5 Å². The van der Waals surface area contributed by atoms with Gasteiger partial charge in [0.05, 0.1) is 11.4 Å². The lowest BCUT2D eigenvalue weighted by Gasteiger charge is -2.39. The van der Waals surface area contributed by atoms with Gasteiger partial charge >= 0.3 is 12.4 Å². The molecule has 2 atom stereocenters. The van der Waals surface area contributed by atoms with Crippen LogP contribution in [0.15, 0.2) is 188 Å². The molecule has 0 radical (unpaired) electrons. The molecule has 0 saturated heterocycles. The molecular weight excluding hydrogens is 863 g/mol. The monoisotopic (exact) mass is 916 g/mol. The molecular formula is C60H54F6N2. The number of halogens is 6. The summed E-state index contributed by atoms with van der Waals surface area (Å²) in [6.07, 6.45) is -3.98. The van der Waals surface area contributed by atoms with Gasteiger partial charge in [-0.1, -0.05) is 161 Å². The fourth-order valence-corrected chi connectivity index (χ4v) is 10.3. The standard InChI is InChI=1S/C60H54F6N2/c1-5-7-19-48-40-57(48,4)45-26-34-50(35-27-45)68(56-23-13-18-44-16-9-11-21-54(44)56)52-38-30-47(31-39-52)58(59(61,62)63,60(64,65)66)46-28-36-51(37-29-46)67(49-32-24-42(25-33-49)41(3)14-6-2)55-22-12-17-43-15-8-10-20-53(43)55/h8-18,20-39,48H,5-7,19,40H2,1-4H3/b41-14-. The summed E-state index contributed by atoms with van der Waals surface area (Å²) in [6, 6.07) is 52.4. The number of alkyl halides is 6. The summed E-state index contributed by atoms with van der Waals surface area (Å²) in [5.74, 6) is 0.603. The SMILES string of the molecule is CC/C=C(/C)c1ccc(N(c2ccc(C(c3ccc(N(c4ccc(C5(C)CC5CCCC)cc4)c4cccc5ccccc45)cc3)(C(F)(F)F)C(F)(F)F)cc2)c2cccc3ccccc23)cc1. The van der Waals surface area contributed by atoms with E-state index < -0.39 is 28.9 Å². The summed E-state index contributed by atoms with van der Waals surface area (Å²) in [5, 5.41) is 3.63. The van der Waals surface area contributed by atoms with E-state index in [1.54, 1.807) is 0 Å². The molecule has 0 heterocycles. The van der Waals surface area contributed by atoms with Crippen LogP contribution in [-0.2, 0) is 10.8 Å². The van der Waals surface area contributed by atoms with Gasteiger partial charge in [0.25, 0.3) is 0 Å². The highest BCUT2D eigenvalue weighted by molar-refractivity contribution is 6.00. The Morgan fingerprint density at radius 3 is 1.38 bits per heavy atom. The lowest BCUT2D eigenvalue weighted by Crippen LogP contribution is -2.54. The molecule has 8 aromatic rings. The zero-order valence-corrected chi connectivity index (χ0v) is 38.7. The molecule has 1 fully saturated rings. The zero-order valence-electron chi connectivity index (χ0n) is 38.7. The Morgan fingerprint density at radius 2 is 0.956 bits per heavy atom. The van der Waals surface area contributed by atoms with E-state index in [9.17, 15) is 0 Å². The van der Waals surface area contributed by atoms with Gasteiger partial charge in [-0.05, 0) is 137 Å². The van der Waals surface area contributed by atoms with Gasteiger partial charge in [-0.25, -0.2) is 0 Å². The van der Waals surface area contributed by atoms with Gasteiger partial charge in [0.15, 0.2) is 0 Å². The Balaban J connectivity index is 1.14. The Kier molecular flexibility index (Phi) is 12.5. The van der Waals surface area contributed by atoms with E-state index in [0.29, 0.717) is 23.0 Å². The predicted molar refractivity (Wildman–Crippen MR) is 269 cm³/mol. The van der Waals surface area contributed by atoms with Crippen molar-refractivity contribution < 1.29 is 26.3 Å². The molecule has 9 rings (SSSR count). The molecule has 0 spiro atoms. The van der Waals surface area contributed by atoms with Gasteiger partial charge in [0.1, 0.15) is 0 Å². The maximum Gasteiger partial charge on any atom is 0.411 e. The van der Waals surface area contributed by atoms with Crippen molar-refractivity contribution in [1.82, 2.24) is 0 Å². The molecule has 1 aliphatic rings. The highest BCUT2D eigenvalue weighted by Crippen LogP contribution is 2.58. The van der Waals surface area contributed by atoms with Crippen LogP contribution in [0, 0.1) is 5.92 Å². The molecule has 1 saturated carbocycles. The Morgan fingerprint density at radius 1 is 0.544 bits per heavy atom. The van der Waals surface area contributed by atoms with Crippen molar-refractivity contribution in [2.24, 2.45) is 5.92 Å². The summed E-state index contributed by atoms with van der Waals surface area (Å²) in [5.41, 5.74) is 0.881. The van der Waals surface area contributed by atoms with Crippen molar-refractivity contribution in [3.63, 3.8) is 0 Å². The Labute approximate surface area is 395 Å². The molecule has 8 aromatic carbocycles. The van der Waals surface area contributed by atoms with Crippen molar-refractivity contribution in [2.75, 3.05) is 9.80 Å². The minimum absolute atomic E-state index is 0.0705. The maximum atomic E-state index is 15.8. The van der Waals surface area contributed by atoms with E-state index in [2.05, 4.69) is 39.0 Å². The number of rotatable bonds is 14. The smallest absolute Gasteiger partial charge is 0.310 e. The fourth-order valence-electron chi connectivity index (χ4n) is 10.3. The summed E-state index contributed by atoms with van der Waals surface area (Å²) in [7, 11) is 0. The van der Waals surface area contributed by atoms with Gasteiger partial charge in [-0.2, -0.15) is 26.3 Å². The van der Waals surface area contributed by atoms with Crippen LogP contribution < -0.4 is 9.80 Å². The van der Waals surface area contributed by atoms with Crippen molar-refractivity contribution in [2.45, 2.75) is 83.0 Å². The Bertz CT molecular complexity index is 3040. The van der Waals surface area contributed by atoms with E-state index in [1.165, 1.54) is 42.7 Å². The number of anilines is 6. The van der Waals surface area contributed by atoms with Gasteiger partial charge in [-0.3, -0.25) is 0 Å². The molecule has 0 N–H and O–H groups in total. The third-order valence-corrected chi connectivity index (χ3v) is 14.2. The van der Waals surface area contributed by atoms with Crippen LogP contribution in [0.3, 0.4) is 0 Å². The number of unbranched alkanes of at least 4 members (excludes halogenated alkanes) is 1. The lowest BCUT2D eigenvalue weighted by molar-refractivity contribution is -0.288. The second-order valence-electron chi connectivity index (χ2n) is 18.4. The number of fused-ring (bicyclic) bond motifs is 2. The summed E-state index contributed by atoms with van der Waals surface area (Å²) < 4.78 is 94.9. The highest BCUT2D eigenvalue weighted by Gasteiger charge is 2.72. The second kappa shape index (κ2) is 18.4. The van der Waals surface area contributed by atoms with E-state index in [0.717, 1.165) is 93.3 Å². The van der Waals surface area contributed by atoms with Crippen LogP contribution in [0.1, 0.15) is 82.1 Å². The summed E-state index contributed by atoms with van der Waals surface area (Å²) in [4.78, 5) is 3.78. The summed E-state index contributed by atoms with van der Waals surface area (Å²) >= 11 is 0. The quantitative estimate of drug-likeness (QED) is 0.100. The van der Waals surface area contributed by atoms with E-state index >= 15 is 26.3 Å². The number of hydrogen-bond donors (Lipinski definition) is 0. The molecule has 2 nitrogen and oxygen atoms in total. The molecule has 8 heteroatoms. The molecule has 0 amide bonds. The predicted octanol–water partition coefficient (Wildman–Crippen LogP) is 18.6. The van der Waals surface area contributed by atoms with Gasteiger partial charge < -0.3 is 9.80 Å². The van der Waals surface area contributed by atoms with Crippen LogP contribution in [0.5, 0.6) is 0 Å². The average Bonchev–Trinajstić information content (AvgIpc) is 4.02. The van der Waals surface area contributed by atoms with Gasteiger partial charge in [0, 0.05) is 33.5 Å². The van der Waals surface area contributed by atoms with Gasteiger partial charge in [-0.15, -0.1) is 0 Å². The van der Waals surface area contributed by atoms with Crippen molar-refractivity contribution >= 4 is 61.2 Å². The first-order valence-corrected chi connectivity index (χ1v) is 23.5. The molecule has 2 unspecified atom stereocenters. The molecule has 68 heavy (non-hydrogen) atoms. The van der Waals surface area contributed by atoms with E-state index in [1.807, 2.05) is 138 Å². The van der Waals surface area contributed by atoms with Gasteiger partial charge in [0.2, 0.25) is 5.41 Å². The topological polar surface area (TPSA) is 6.48 Å². The number of nitrogens with zero attached hydrogens (tertiary/aromatic N) is 2. The maximum absolute atomic E-state index is 15.8. The molecule has 0 aliphatic heterocycles. The van der Waals surface area contributed by atoms with E-state index in [4.69, 9.17) is 0 Å². The minimum Gasteiger partial charge on any atom is -0.310 e. The Hall–Kier alpha value is -6.80. The largest absolute Gasteiger partial charge is 0.411 e. The third-order valence-electron chi connectivity index (χ3n) is 14.2. The van der Waals surface area contributed by atoms with Crippen LogP contribution >= 0.6 is 0 Å². The third kappa shape index (κ3) is 8.33. The van der Waals surface area contributed by atoms with Crippen molar-refractivity contribution in [3.05, 3.63) is 210 Å². The van der Waals surface area contributed by atoms with Crippen molar-refractivity contribution in [3.8, 4) is 0 Å². The first-order valence-electron chi connectivity index (χ1n) is 23.5. The molecule has 346 valence electrons. The highest BCUT2D eigenvalue weighted by atomic mass is 19.4. The molecule has 1 aliphatic carbocycles. The minimum atomic E-state index is -5.78. The molecule has 0 aromatic heterocycles. The zero-order chi connectivity index (χ0) is 47.8. The number of allylic oxidation sites excluding steroid dienone is 2. The first-order chi connectivity index (χ1) is 32.7. The molecule has 0 bridgehead atoms. The van der Waals surface area contributed by atoms with Crippen LogP contribution in [-0.4, -0.2) is 12.4 Å². The summed E-state index contributed by atoms with van der Waals surface area (Å²) in [6.45, 7) is 8.57. The van der Waals surface area contributed by atoms with Crippen LogP contribution in [0.25, 0.3) is 27.1 Å². The number of hydrogen-bond acceptors (Lipinski definition) is 2. The average molecular weight is 917 g/mol. The number of benzene rings is 8.